The van der Waals surface area contributed by atoms with Gasteiger partial charge in [-0.3, -0.25) is 0 Å². The third-order valence-electron chi connectivity index (χ3n) is 21.4. The summed E-state index contributed by atoms with van der Waals surface area (Å²) in [6.07, 6.45) is 15.2. The molecular weight excluding hydrogens is 1430 g/mol. The van der Waals surface area contributed by atoms with Crippen LogP contribution in [0.3, 0.4) is 0 Å². The topological polar surface area (TPSA) is 262 Å². The van der Waals surface area contributed by atoms with Gasteiger partial charge in [-0.1, -0.05) is 188 Å². The Morgan fingerprint density at radius 2 is 0.447 bits per heavy atom. The van der Waals surface area contributed by atoms with E-state index in [1.807, 2.05) is 0 Å². The van der Waals surface area contributed by atoms with Gasteiger partial charge in [0.1, 0.15) is 34.5 Å². The molecule has 0 spiro atoms. The Morgan fingerprint density at radius 1 is 0.254 bits per heavy atom. The van der Waals surface area contributed by atoms with Gasteiger partial charge in [0.15, 0.2) is 0 Å². The van der Waals surface area contributed by atoms with E-state index in [2.05, 4.69) is 0 Å². The van der Waals surface area contributed by atoms with E-state index in [-0.39, 0.29) is 138 Å². The van der Waals surface area contributed by atoms with Crippen molar-refractivity contribution in [2.24, 2.45) is 0 Å². The van der Waals surface area contributed by atoms with Gasteiger partial charge in [0.2, 0.25) is 0 Å². The maximum absolute atomic E-state index is 11.4. The highest BCUT2D eigenvalue weighted by molar-refractivity contribution is 5.36. The number of rotatable bonds is 24. The zero-order valence-corrected chi connectivity index (χ0v) is 66.7. The van der Waals surface area contributed by atoms with Crippen molar-refractivity contribution in [3.05, 3.63) is 179 Å². The fourth-order valence-electron chi connectivity index (χ4n) is 15.7. The SMILES string of the molecule is [2H]c1cc(C([2H])(C2(O)CCCCC2)C([2H])([2H])N(C([2H])([2H])[2H])C([2H])([2H])[2H])cc([2H])c1O.[2H]c1cc(C([2H])(C2(O)CCCCC2)C([2H])([2H])N(C)C([2H])([2H])[2H])cc([2H])c1O.[2H]c1cc(C([2H])(C2(O)CCCCC2)C([2H])([2H])N(C)C)cc([2H])c1O.[2H]c1cc(C([2H])(CN(C([2H])([2H])[2H])C([2H])([2H])[2H])C2(O)CCCCC2)cc([2H])c1O.[2H]c1cc(C([2H])(CN(C)C([2H])([2H])[2H])C2(O)CCCCC2)cc([2H])c1O.[2H]c1cc(C([2H])(CN(C)C)C2(O)CCCCC2)c([2H])c([2H])c1O. The van der Waals surface area contributed by atoms with E-state index in [0.717, 1.165) is 106 Å². The van der Waals surface area contributed by atoms with E-state index in [4.69, 9.17) is 58.9 Å². The van der Waals surface area contributed by atoms with E-state index >= 15 is 0 Å². The molecule has 18 heteroatoms. The third-order valence-corrected chi connectivity index (χ3v) is 21.4. The Hall–Kier alpha value is -6.36. The minimum absolute atomic E-state index is 0.0402. The maximum Gasteiger partial charge on any atom is 0.115 e. The molecule has 18 nitrogen and oxygen atoms in total. The molecule has 6 atom stereocenters. The van der Waals surface area contributed by atoms with Gasteiger partial charge < -0.3 is 90.7 Å². The molecule has 6 fully saturated rings. The summed E-state index contributed by atoms with van der Waals surface area (Å²) in [5, 5.41) is 126. The molecule has 0 heterocycles. The summed E-state index contributed by atoms with van der Waals surface area (Å²) >= 11 is 0. The summed E-state index contributed by atoms with van der Waals surface area (Å²) in [7, 11) is 8.97. The predicted octanol–water partition coefficient (Wildman–Crippen LogP) is 16.4. The number of phenolic OH excluding ortho intramolecular Hbond substituents is 6. The largest absolute Gasteiger partial charge is 0.508 e. The third kappa shape index (κ3) is 29.6. The number of likely N-dealkylation sites (N-methyl/N-ethyl adjacent to an activating group) is 6. The molecule has 636 valence electrons. The molecule has 114 heavy (non-hydrogen) atoms. The lowest BCUT2D eigenvalue weighted by Crippen LogP contribution is -2.42. The Labute approximate surface area is 746 Å². The Morgan fingerprint density at radius 3 is 0.693 bits per heavy atom. The Kier molecular flexibility index (Phi) is 19.9. The van der Waals surface area contributed by atoms with Crippen LogP contribution in [0.2, 0.25) is 0 Å². The van der Waals surface area contributed by atoms with E-state index in [1.54, 1.807) is 19.0 Å². The summed E-state index contributed by atoms with van der Waals surface area (Å²) in [6, 6.07) is 6.64. The van der Waals surface area contributed by atoms with Crippen molar-refractivity contribution in [1.29, 1.82) is 0 Å². The molecule has 6 aromatic carbocycles. The summed E-state index contributed by atoms with van der Waals surface area (Å²) in [4.78, 5) is 4.32. The second kappa shape index (κ2) is 45.5. The van der Waals surface area contributed by atoms with Crippen molar-refractivity contribution in [3.63, 3.8) is 0 Å². The molecule has 12 rings (SSSR count). The van der Waals surface area contributed by atoms with Crippen molar-refractivity contribution in [2.45, 2.75) is 262 Å². The summed E-state index contributed by atoms with van der Waals surface area (Å²) < 4.78 is 344. The van der Waals surface area contributed by atoms with Crippen LogP contribution in [0.5, 0.6) is 34.5 Å². The molecule has 0 radical (unpaired) electrons. The summed E-state index contributed by atoms with van der Waals surface area (Å²) in [5.74, 6) is -16.4. The molecule has 12 N–H and O–H groups in total. The highest BCUT2D eigenvalue weighted by Gasteiger charge is 2.45. The van der Waals surface area contributed by atoms with Gasteiger partial charge in [-0.15, -0.1) is 0 Å². The van der Waals surface area contributed by atoms with Gasteiger partial charge in [0.05, 0.1) is 51.4 Å². The molecule has 0 aliphatic heterocycles. The quantitative estimate of drug-likeness (QED) is 0.0269. The van der Waals surface area contributed by atoms with Gasteiger partial charge in [-0.25, -0.2) is 0 Å². The van der Waals surface area contributed by atoms with E-state index < -0.39 is 219 Å². The van der Waals surface area contributed by atoms with Crippen LogP contribution in [0, 0.1) is 0 Å². The van der Waals surface area contributed by atoms with Crippen LogP contribution in [-0.2, 0) is 0 Å². The highest BCUT2D eigenvalue weighted by atomic mass is 16.3. The first kappa shape index (κ1) is 49.9. The van der Waals surface area contributed by atoms with Gasteiger partial charge in [-0.2, -0.15) is 0 Å². The molecule has 6 aromatic rings. The van der Waals surface area contributed by atoms with Gasteiger partial charge >= 0.3 is 0 Å². The lowest BCUT2D eigenvalue weighted by atomic mass is 9.72. The number of hydrogen-bond donors (Lipinski definition) is 12. The second-order valence-electron chi connectivity index (χ2n) is 31.1. The average Bonchev–Trinajstić information content (AvgIpc) is 0.694. The number of benzene rings is 6. The lowest BCUT2D eigenvalue weighted by molar-refractivity contribution is -0.0280. The molecule has 0 saturated heterocycles. The van der Waals surface area contributed by atoms with Crippen LogP contribution in [0.15, 0.2) is 145 Å². The smallest absolute Gasteiger partial charge is 0.115 e. The number of nitrogens with zero attached hydrogens (tertiary/aromatic N) is 6. The first-order valence-electron chi connectivity index (χ1n) is 60.7. The first-order valence-corrected chi connectivity index (χ1v) is 39.2. The van der Waals surface area contributed by atoms with Crippen molar-refractivity contribution in [1.82, 2.24) is 29.4 Å². The van der Waals surface area contributed by atoms with Gasteiger partial charge in [0.25, 0.3) is 0 Å². The fourth-order valence-corrected chi connectivity index (χ4v) is 15.7. The molecule has 6 aliphatic rings. The monoisotopic (exact) mass is 1620 g/mol. The summed E-state index contributed by atoms with van der Waals surface area (Å²) in [6.45, 7) is -27.9. The number of hydrogen-bond acceptors (Lipinski definition) is 18. The van der Waals surface area contributed by atoms with Crippen molar-refractivity contribution in [2.75, 3.05) is 123 Å². The maximum atomic E-state index is 11.4. The van der Waals surface area contributed by atoms with E-state index in [0.29, 0.717) is 88.4 Å². The van der Waals surface area contributed by atoms with E-state index in [1.165, 1.54) is 56.4 Å². The molecular formula is C96H150N6O12. The fraction of sp³-hybridized carbons (Fsp3) is 0.625. The molecule has 0 aromatic heterocycles. The van der Waals surface area contributed by atoms with Crippen LogP contribution in [0.4, 0.5) is 0 Å². The molecule has 6 unspecified atom stereocenters. The van der Waals surface area contributed by atoms with Crippen LogP contribution in [0.25, 0.3) is 0 Å². The van der Waals surface area contributed by atoms with Gasteiger partial charge in [0, 0.05) is 116 Å². The second-order valence-corrected chi connectivity index (χ2v) is 31.1. The number of aromatic hydroxyl groups is 6. The Balaban J connectivity index is 0.000000254. The minimum atomic E-state index is -3.49. The van der Waals surface area contributed by atoms with Crippen molar-refractivity contribution < 1.29 is 120 Å². The lowest BCUT2D eigenvalue weighted by Gasteiger charge is -2.40. The minimum Gasteiger partial charge on any atom is -0.508 e. The van der Waals surface area contributed by atoms with Crippen LogP contribution >= 0.6 is 0 Å². The molecule has 6 aliphatic carbocycles. The first-order chi connectivity index (χ1) is 71.2. The molecule has 0 amide bonds. The average molecular weight is 1620 g/mol. The highest BCUT2D eigenvalue weighted by Crippen LogP contribution is 2.47. The number of phenols is 6. The predicted molar refractivity (Wildman–Crippen MR) is 465 cm³/mol. The van der Waals surface area contributed by atoms with Crippen LogP contribution in [0.1, 0.15) is 320 Å². The van der Waals surface area contributed by atoms with Crippen molar-refractivity contribution in [3.8, 4) is 34.5 Å². The zero-order chi connectivity index (χ0) is 121. The molecule has 0 bridgehead atoms. The van der Waals surface area contributed by atoms with Crippen LogP contribution < -0.4 is 0 Å². The standard InChI is InChI=1S/6C16H25NO2/c6*1-17(2)12-15(13-6-8-14(18)9-7-13)16(19)10-4-3-5-11-16/h6*6-9,15,18-19H,3-5,10-12H2,1-2H3/i1D3,2D3,8D,9D,12D2,15D;1D3,8D,9D,12D2,15D;1D3,2D3,8D,9D,15D;8D,9D,12D2,15D;6D,8D,9D,15D;1D3,8D,9D,15D. The van der Waals surface area contributed by atoms with E-state index in [9.17, 15) is 61.3 Å². The number of aliphatic hydroxyl groups is 6. The Bertz CT molecular complexity index is 5680. The van der Waals surface area contributed by atoms with Crippen molar-refractivity contribution >= 4 is 0 Å². The normalized spacial score (nSPS) is 28.6. The summed E-state index contributed by atoms with van der Waals surface area (Å²) in [5.41, 5.74) is -10.6. The van der Waals surface area contributed by atoms with Gasteiger partial charge in [-0.05, 0) is 267 Å². The zero-order valence-electron chi connectivity index (χ0n) is 110. The van der Waals surface area contributed by atoms with Crippen LogP contribution in [-0.4, -0.2) is 248 Å². The molecule has 6 saturated carbocycles.